The fourth-order valence-electron chi connectivity index (χ4n) is 1.70. The number of halogens is 2. The van der Waals surface area contributed by atoms with E-state index in [4.69, 9.17) is 4.74 Å². The van der Waals surface area contributed by atoms with Gasteiger partial charge in [0.25, 0.3) is 0 Å². The quantitative estimate of drug-likeness (QED) is 0.781. The zero-order valence-corrected chi connectivity index (χ0v) is 12.7. The predicted molar refractivity (Wildman–Crippen MR) is 76.8 cm³/mol. The Kier molecular flexibility index (Phi) is 5.63. The second-order valence-electron chi connectivity index (χ2n) is 4.26. The molecular weight excluding hydrogens is 327 g/mol. The summed E-state index contributed by atoms with van der Waals surface area (Å²) in [5.74, 6) is 0.443. The number of nitrogens with one attached hydrogen (secondary N) is 1. The number of aromatic nitrogens is 3. The fourth-order valence-corrected chi connectivity index (χ4v) is 2.08. The molecule has 0 aliphatic heterocycles. The molecule has 5 nitrogen and oxygen atoms in total. The minimum absolute atomic E-state index is 0.259. The number of nitrogens with zero attached hydrogens (tertiary/aromatic N) is 3. The summed E-state index contributed by atoms with van der Waals surface area (Å²) in [6.45, 7) is 2.46. The van der Waals surface area contributed by atoms with Crippen molar-refractivity contribution in [3.05, 3.63) is 46.2 Å². The van der Waals surface area contributed by atoms with Crippen LogP contribution in [0.3, 0.4) is 0 Å². The molecule has 0 saturated carbocycles. The highest BCUT2D eigenvalue weighted by Gasteiger charge is 2.05. The van der Waals surface area contributed by atoms with Crippen LogP contribution in [0.1, 0.15) is 11.4 Å². The van der Waals surface area contributed by atoms with Crippen molar-refractivity contribution in [1.82, 2.24) is 20.1 Å². The van der Waals surface area contributed by atoms with Gasteiger partial charge in [0.05, 0.1) is 19.7 Å². The summed E-state index contributed by atoms with van der Waals surface area (Å²) in [6, 6.07) is 4.59. The molecule has 2 aromatic rings. The third-order valence-electron chi connectivity index (χ3n) is 2.69. The van der Waals surface area contributed by atoms with E-state index in [0.29, 0.717) is 25.5 Å². The smallest absolute Gasteiger partial charge is 0.164 e. The van der Waals surface area contributed by atoms with Gasteiger partial charge >= 0.3 is 0 Å². The van der Waals surface area contributed by atoms with Crippen molar-refractivity contribution < 1.29 is 9.13 Å². The molecule has 1 aromatic carbocycles. The molecule has 1 heterocycles. The number of rotatable bonds is 7. The van der Waals surface area contributed by atoms with Crippen LogP contribution >= 0.6 is 15.9 Å². The Balaban J connectivity index is 1.93. The summed E-state index contributed by atoms with van der Waals surface area (Å²) in [6.07, 6.45) is 1.64. The Morgan fingerprint density at radius 2 is 2.30 bits per heavy atom. The summed E-state index contributed by atoms with van der Waals surface area (Å²) < 4.78 is 20.7. The lowest BCUT2D eigenvalue weighted by atomic mass is 10.2. The van der Waals surface area contributed by atoms with Gasteiger partial charge in [0.2, 0.25) is 0 Å². The van der Waals surface area contributed by atoms with Crippen LogP contribution in [0, 0.1) is 5.82 Å². The molecule has 0 atom stereocenters. The highest BCUT2D eigenvalue weighted by molar-refractivity contribution is 9.10. The highest BCUT2D eigenvalue weighted by atomic mass is 79.9. The van der Waals surface area contributed by atoms with Gasteiger partial charge < -0.3 is 10.1 Å². The molecule has 2 rings (SSSR count). The molecule has 0 radical (unpaired) electrons. The lowest BCUT2D eigenvalue weighted by molar-refractivity contribution is 0.199. The predicted octanol–water partition coefficient (Wildman–Crippen LogP) is 1.96. The Morgan fingerprint density at radius 3 is 3.10 bits per heavy atom. The molecule has 0 bridgehead atoms. The maximum absolute atomic E-state index is 13.2. The number of ether oxygens (including phenoxy) is 1. The Bertz CT molecular complexity index is 561. The van der Waals surface area contributed by atoms with E-state index in [1.54, 1.807) is 24.2 Å². The lowest BCUT2D eigenvalue weighted by Gasteiger charge is -2.04. The van der Waals surface area contributed by atoms with Crippen LogP contribution in [-0.2, 0) is 17.8 Å². The van der Waals surface area contributed by atoms with E-state index in [1.165, 1.54) is 12.1 Å². The SMILES string of the molecule is COCCNCc1ncn(Cc2cc(F)ccc2Br)n1. The second-order valence-corrected chi connectivity index (χ2v) is 5.12. The second kappa shape index (κ2) is 7.47. The first-order chi connectivity index (χ1) is 9.69. The Morgan fingerprint density at radius 1 is 1.45 bits per heavy atom. The van der Waals surface area contributed by atoms with Crippen molar-refractivity contribution >= 4 is 15.9 Å². The van der Waals surface area contributed by atoms with Gasteiger partial charge in [-0.25, -0.2) is 14.1 Å². The number of methoxy groups -OCH3 is 1. The van der Waals surface area contributed by atoms with E-state index in [2.05, 4.69) is 31.3 Å². The van der Waals surface area contributed by atoms with Crippen LogP contribution in [0.25, 0.3) is 0 Å². The van der Waals surface area contributed by atoms with Crippen LogP contribution in [0.2, 0.25) is 0 Å². The number of benzene rings is 1. The first-order valence-electron chi connectivity index (χ1n) is 6.21. The van der Waals surface area contributed by atoms with Crippen LogP contribution in [0.4, 0.5) is 4.39 Å². The fraction of sp³-hybridized carbons (Fsp3) is 0.385. The van der Waals surface area contributed by atoms with Gasteiger partial charge in [0, 0.05) is 18.1 Å². The molecule has 20 heavy (non-hydrogen) atoms. The molecule has 0 unspecified atom stereocenters. The summed E-state index contributed by atoms with van der Waals surface area (Å²) in [5, 5.41) is 7.50. The van der Waals surface area contributed by atoms with Crippen LogP contribution in [-0.4, -0.2) is 35.0 Å². The van der Waals surface area contributed by atoms with Crippen LogP contribution < -0.4 is 5.32 Å². The van der Waals surface area contributed by atoms with Gasteiger partial charge in [0.15, 0.2) is 5.82 Å². The van der Waals surface area contributed by atoms with E-state index < -0.39 is 0 Å². The molecule has 0 aliphatic rings. The van der Waals surface area contributed by atoms with Gasteiger partial charge in [-0.1, -0.05) is 15.9 Å². The Labute approximate surface area is 125 Å². The van der Waals surface area contributed by atoms with Gasteiger partial charge in [-0.05, 0) is 23.8 Å². The summed E-state index contributed by atoms with van der Waals surface area (Å²) in [5.41, 5.74) is 0.828. The molecule has 1 N–H and O–H groups in total. The van der Waals surface area contributed by atoms with Crippen molar-refractivity contribution in [3.8, 4) is 0 Å². The molecule has 0 spiro atoms. The minimum Gasteiger partial charge on any atom is -0.383 e. The molecule has 7 heteroatoms. The standard InChI is InChI=1S/C13H16BrFN4O/c1-20-5-4-16-7-13-17-9-19(18-13)8-10-6-11(15)2-3-12(10)14/h2-3,6,9,16H,4-5,7-8H2,1H3. The summed E-state index contributed by atoms with van der Waals surface area (Å²) >= 11 is 3.40. The zero-order chi connectivity index (χ0) is 14.4. The summed E-state index contributed by atoms with van der Waals surface area (Å²) in [7, 11) is 1.66. The Hall–Kier alpha value is -1.31. The number of hydrogen-bond acceptors (Lipinski definition) is 4. The van der Waals surface area contributed by atoms with E-state index in [9.17, 15) is 4.39 Å². The molecule has 108 valence electrons. The van der Waals surface area contributed by atoms with Crippen molar-refractivity contribution in [2.24, 2.45) is 0 Å². The van der Waals surface area contributed by atoms with Gasteiger partial charge in [-0.15, -0.1) is 0 Å². The normalized spacial score (nSPS) is 10.9. The lowest BCUT2D eigenvalue weighted by Crippen LogP contribution is -2.19. The maximum Gasteiger partial charge on any atom is 0.164 e. The van der Waals surface area contributed by atoms with Crippen molar-refractivity contribution in [2.75, 3.05) is 20.3 Å². The van der Waals surface area contributed by atoms with Crippen molar-refractivity contribution in [3.63, 3.8) is 0 Å². The van der Waals surface area contributed by atoms with E-state index in [-0.39, 0.29) is 5.82 Å². The zero-order valence-electron chi connectivity index (χ0n) is 11.1. The summed E-state index contributed by atoms with van der Waals surface area (Å²) in [4.78, 5) is 4.20. The molecule has 0 saturated heterocycles. The maximum atomic E-state index is 13.2. The van der Waals surface area contributed by atoms with Crippen LogP contribution in [0.5, 0.6) is 0 Å². The highest BCUT2D eigenvalue weighted by Crippen LogP contribution is 2.18. The molecule has 1 aromatic heterocycles. The molecule has 0 amide bonds. The van der Waals surface area contributed by atoms with E-state index >= 15 is 0 Å². The average molecular weight is 343 g/mol. The third kappa shape index (κ3) is 4.36. The molecular formula is C13H16BrFN4O. The van der Waals surface area contributed by atoms with Gasteiger partial charge in [-0.2, -0.15) is 5.10 Å². The topological polar surface area (TPSA) is 52.0 Å². The van der Waals surface area contributed by atoms with Crippen LogP contribution in [0.15, 0.2) is 29.0 Å². The largest absolute Gasteiger partial charge is 0.383 e. The minimum atomic E-state index is -0.259. The average Bonchev–Trinajstić information content (AvgIpc) is 2.87. The first-order valence-corrected chi connectivity index (χ1v) is 7.00. The monoisotopic (exact) mass is 342 g/mol. The number of hydrogen-bond donors (Lipinski definition) is 1. The third-order valence-corrected chi connectivity index (χ3v) is 3.46. The molecule has 0 fully saturated rings. The van der Waals surface area contributed by atoms with Gasteiger partial charge in [0.1, 0.15) is 12.1 Å². The van der Waals surface area contributed by atoms with Crippen molar-refractivity contribution in [1.29, 1.82) is 0 Å². The van der Waals surface area contributed by atoms with Crippen molar-refractivity contribution in [2.45, 2.75) is 13.1 Å². The van der Waals surface area contributed by atoms with Gasteiger partial charge in [-0.3, -0.25) is 0 Å². The van der Waals surface area contributed by atoms with E-state index in [1.807, 2.05) is 0 Å². The van der Waals surface area contributed by atoms with E-state index in [0.717, 1.165) is 16.6 Å². The molecule has 0 aliphatic carbocycles. The first kappa shape index (κ1) is 15.1.